The molecule has 0 bridgehead atoms. The van der Waals surface area contributed by atoms with Crippen molar-refractivity contribution in [2.75, 3.05) is 5.48 Å². The molecule has 7 heteroatoms. The van der Waals surface area contributed by atoms with Crippen molar-refractivity contribution >= 4 is 17.0 Å². The van der Waals surface area contributed by atoms with Gasteiger partial charge in [-0.15, -0.1) is 5.39 Å². The summed E-state index contributed by atoms with van der Waals surface area (Å²) in [5, 5.41) is 13.1. The predicted molar refractivity (Wildman–Crippen MR) is 40.5 cm³/mol. The summed E-state index contributed by atoms with van der Waals surface area (Å²) in [6, 6.07) is 0. The summed E-state index contributed by atoms with van der Waals surface area (Å²) in [4.78, 5) is 7.73. The van der Waals surface area contributed by atoms with Crippen LogP contribution in [0.2, 0.25) is 0 Å². The molecule has 0 saturated heterocycles. The van der Waals surface area contributed by atoms with Crippen LogP contribution in [0, 0.1) is 6.20 Å². The van der Waals surface area contributed by atoms with Crippen LogP contribution >= 0.6 is 0 Å². The summed E-state index contributed by atoms with van der Waals surface area (Å²) < 4.78 is 1.55. The van der Waals surface area contributed by atoms with E-state index in [0.29, 0.717) is 5.65 Å². The smallest absolute Gasteiger partial charge is 0.316 e. The Hall–Kier alpha value is -0.0536. The standard InChI is InChI=1S/C6H6N5O.K/c1-11-5-4(3-8-11)2-7-6(9-5)10-12;/h2,12H,1H3,(H,7,9,10);/q-1;+1. The van der Waals surface area contributed by atoms with Gasteiger partial charge in [-0.05, 0) is 6.20 Å². The molecule has 0 unspecified atom stereocenters. The third kappa shape index (κ3) is 2.06. The Balaban J connectivity index is 0.000000845. The Bertz CT molecular complexity index is 414. The van der Waals surface area contributed by atoms with Crippen LogP contribution in [0.1, 0.15) is 0 Å². The molecule has 13 heavy (non-hydrogen) atoms. The van der Waals surface area contributed by atoms with Crippen LogP contribution in [-0.2, 0) is 7.05 Å². The fraction of sp³-hybridized carbons (Fsp3) is 0.167. The van der Waals surface area contributed by atoms with Gasteiger partial charge in [0.05, 0.1) is 0 Å². The monoisotopic (exact) mass is 203 g/mol. The van der Waals surface area contributed by atoms with Crippen LogP contribution in [-0.4, -0.2) is 25.0 Å². The molecule has 0 radical (unpaired) electrons. The molecule has 0 amide bonds. The first-order chi connectivity index (χ1) is 5.81. The van der Waals surface area contributed by atoms with Crippen LogP contribution in [0.15, 0.2) is 6.20 Å². The minimum absolute atomic E-state index is 0. The van der Waals surface area contributed by atoms with E-state index in [1.807, 2.05) is 5.48 Å². The van der Waals surface area contributed by atoms with E-state index in [1.165, 1.54) is 6.20 Å². The molecule has 6 nitrogen and oxygen atoms in total. The second-order valence-corrected chi connectivity index (χ2v) is 2.28. The van der Waals surface area contributed by atoms with E-state index >= 15 is 0 Å². The number of nitrogens with one attached hydrogen (secondary N) is 1. The normalized spacial score (nSPS) is 9.69. The summed E-state index contributed by atoms with van der Waals surface area (Å²) in [6.45, 7) is 0. The van der Waals surface area contributed by atoms with Gasteiger partial charge < -0.3 is 4.68 Å². The molecule has 2 aromatic heterocycles. The van der Waals surface area contributed by atoms with Gasteiger partial charge in [0.25, 0.3) is 0 Å². The zero-order valence-electron chi connectivity index (χ0n) is 7.31. The molecule has 0 aromatic carbocycles. The van der Waals surface area contributed by atoms with E-state index in [1.54, 1.807) is 11.7 Å². The Labute approximate surface area is 117 Å². The molecule has 0 spiro atoms. The number of aromatic nitrogens is 4. The average molecular weight is 203 g/mol. The molecule has 0 fully saturated rings. The van der Waals surface area contributed by atoms with Crippen molar-refractivity contribution < 1.29 is 56.6 Å². The van der Waals surface area contributed by atoms with Gasteiger partial charge in [0, 0.05) is 12.7 Å². The van der Waals surface area contributed by atoms with Crippen molar-refractivity contribution in [3.8, 4) is 0 Å². The molecule has 2 N–H and O–H groups in total. The second kappa shape index (κ2) is 4.44. The number of anilines is 1. The van der Waals surface area contributed by atoms with Gasteiger partial charge in [-0.25, -0.2) is 5.48 Å². The molecule has 2 heterocycles. The molecular weight excluding hydrogens is 197 g/mol. The van der Waals surface area contributed by atoms with Gasteiger partial charge in [0.1, 0.15) is 0 Å². The van der Waals surface area contributed by atoms with Crippen LogP contribution in [0.4, 0.5) is 5.95 Å². The molecule has 2 aromatic rings. The minimum Gasteiger partial charge on any atom is -0.316 e. The third-order valence-electron chi connectivity index (χ3n) is 1.50. The fourth-order valence-corrected chi connectivity index (χ4v) is 0.928. The van der Waals surface area contributed by atoms with E-state index in [0.717, 1.165) is 5.39 Å². The van der Waals surface area contributed by atoms with Crippen LogP contribution < -0.4 is 56.9 Å². The average Bonchev–Trinajstić information content (AvgIpc) is 2.47. The van der Waals surface area contributed by atoms with E-state index < -0.39 is 0 Å². The van der Waals surface area contributed by atoms with Crippen molar-refractivity contribution in [2.24, 2.45) is 7.05 Å². The molecule has 0 atom stereocenters. The summed E-state index contributed by atoms with van der Waals surface area (Å²) in [5.41, 5.74) is 2.49. The minimum atomic E-state index is 0. The Morgan fingerprint density at radius 1 is 1.62 bits per heavy atom. The van der Waals surface area contributed by atoms with Gasteiger partial charge in [0.2, 0.25) is 5.95 Å². The number of aryl methyl sites for hydroxylation is 1. The molecular formula is C6H6KN5O. The largest absolute Gasteiger partial charge is 1.00 e. The molecule has 0 aliphatic heterocycles. The van der Waals surface area contributed by atoms with Crippen molar-refractivity contribution in [3.63, 3.8) is 0 Å². The Kier molecular flexibility index (Phi) is 3.77. The zero-order valence-corrected chi connectivity index (χ0v) is 10.4. The first-order valence-corrected chi connectivity index (χ1v) is 3.29. The van der Waals surface area contributed by atoms with Gasteiger partial charge in [-0.3, -0.25) is 20.3 Å². The quantitative estimate of drug-likeness (QED) is 0.293. The predicted octanol–water partition coefficient (Wildman–Crippen LogP) is -3.03. The number of rotatable bonds is 1. The number of nitrogens with zero attached hydrogens (tertiary/aromatic N) is 4. The summed E-state index contributed by atoms with van der Waals surface area (Å²) in [7, 11) is 1.74. The molecule has 0 saturated carbocycles. The van der Waals surface area contributed by atoms with E-state index in [9.17, 15) is 0 Å². The maximum Gasteiger partial charge on any atom is 1.00 e. The second-order valence-electron chi connectivity index (χ2n) is 2.28. The Morgan fingerprint density at radius 3 is 3.08 bits per heavy atom. The van der Waals surface area contributed by atoms with Gasteiger partial charge in [-0.1, -0.05) is 6.20 Å². The topological polar surface area (TPSA) is 75.9 Å². The SMILES string of the molecule is Cn1n[c-]c2cnc(NO)nc21.[K+]. The number of fused-ring (bicyclic) bond motifs is 1. The first-order valence-electron chi connectivity index (χ1n) is 3.29. The fourth-order valence-electron chi connectivity index (χ4n) is 0.928. The molecule has 2 rings (SSSR count). The number of hydrogen-bond acceptors (Lipinski definition) is 5. The molecule has 0 aliphatic rings. The van der Waals surface area contributed by atoms with E-state index in [-0.39, 0.29) is 57.3 Å². The molecule has 62 valence electrons. The first kappa shape index (κ1) is 11.0. The zero-order chi connectivity index (χ0) is 8.55. The van der Waals surface area contributed by atoms with Crippen molar-refractivity contribution in [1.29, 1.82) is 0 Å². The maximum atomic E-state index is 8.51. The van der Waals surface area contributed by atoms with Crippen LogP contribution in [0.5, 0.6) is 0 Å². The Morgan fingerprint density at radius 2 is 2.38 bits per heavy atom. The van der Waals surface area contributed by atoms with Crippen molar-refractivity contribution in [2.45, 2.75) is 0 Å². The van der Waals surface area contributed by atoms with Crippen LogP contribution in [0.3, 0.4) is 0 Å². The van der Waals surface area contributed by atoms with E-state index in [2.05, 4.69) is 21.3 Å². The van der Waals surface area contributed by atoms with Gasteiger partial charge in [0.15, 0.2) is 0 Å². The number of hydrogen-bond donors (Lipinski definition) is 2. The van der Waals surface area contributed by atoms with Crippen LogP contribution in [0.25, 0.3) is 11.0 Å². The van der Waals surface area contributed by atoms with Gasteiger partial charge >= 0.3 is 51.4 Å². The summed E-state index contributed by atoms with van der Waals surface area (Å²) >= 11 is 0. The third-order valence-corrected chi connectivity index (χ3v) is 1.50. The van der Waals surface area contributed by atoms with Gasteiger partial charge in [-0.2, -0.15) is 0 Å². The molecule has 0 aliphatic carbocycles. The summed E-state index contributed by atoms with van der Waals surface area (Å²) in [6.07, 6.45) is 4.25. The maximum absolute atomic E-state index is 8.51. The van der Waals surface area contributed by atoms with E-state index in [4.69, 9.17) is 5.21 Å². The van der Waals surface area contributed by atoms with Crippen molar-refractivity contribution in [1.82, 2.24) is 19.7 Å². The van der Waals surface area contributed by atoms with Crippen molar-refractivity contribution in [3.05, 3.63) is 12.4 Å². The summed E-state index contributed by atoms with van der Waals surface area (Å²) in [5.74, 6) is 0.152.